The smallest absolute Gasteiger partial charge is 0.237 e. The minimum absolute atomic E-state index is 0.0590. The second kappa shape index (κ2) is 6.55. The van der Waals surface area contributed by atoms with Crippen molar-refractivity contribution in [2.45, 2.75) is 40.2 Å². The molecule has 0 spiro atoms. The number of hydrogen-bond donors (Lipinski definition) is 2. The Morgan fingerprint density at radius 2 is 1.83 bits per heavy atom. The van der Waals surface area contributed by atoms with Gasteiger partial charge in [-0.2, -0.15) is 0 Å². The number of benzene rings is 1. The van der Waals surface area contributed by atoms with E-state index in [0.29, 0.717) is 6.54 Å². The zero-order chi connectivity index (χ0) is 13.7. The van der Waals surface area contributed by atoms with Crippen molar-refractivity contribution in [2.75, 3.05) is 6.54 Å². The van der Waals surface area contributed by atoms with Crippen LogP contribution in [0.2, 0.25) is 0 Å². The van der Waals surface area contributed by atoms with Crippen LogP contribution in [0.1, 0.15) is 30.5 Å². The second-order valence-electron chi connectivity index (χ2n) is 5.18. The Kier molecular flexibility index (Phi) is 5.35. The fraction of sp³-hybridized carbons (Fsp3) is 0.533. The Morgan fingerprint density at radius 1 is 1.28 bits per heavy atom. The van der Waals surface area contributed by atoms with Gasteiger partial charge >= 0.3 is 0 Å². The van der Waals surface area contributed by atoms with Crippen LogP contribution in [0.4, 0.5) is 0 Å². The molecule has 0 bridgehead atoms. The Bertz CT molecular complexity index is 393. The van der Waals surface area contributed by atoms with Crippen LogP contribution in [0.3, 0.4) is 0 Å². The lowest BCUT2D eigenvalue weighted by molar-refractivity contribution is -0.123. The number of carbonyl (C=O) groups excluding carboxylic acids is 1. The number of hydrogen-bond acceptors (Lipinski definition) is 2. The van der Waals surface area contributed by atoms with Gasteiger partial charge in [-0.15, -0.1) is 0 Å². The lowest BCUT2D eigenvalue weighted by Crippen LogP contribution is -2.44. The highest BCUT2D eigenvalue weighted by Gasteiger charge is 2.16. The molecule has 3 nitrogen and oxygen atoms in total. The highest BCUT2D eigenvalue weighted by molar-refractivity contribution is 5.81. The fourth-order valence-electron chi connectivity index (χ4n) is 1.97. The second-order valence-corrected chi connectivity index (χ2v) is 5.18. The number of carbonyl (C=O) groups is 1. The molecule has 1 rings (SSSR count). The van der Waals surface area contributed by atoms with Crippen LogP contribution in [0.5, 0.6) is 0 Å². The minimum atomic E-state index is -0.414. The van der Waals surface area contributed by atoms with Crippen molar-refractivity contribution in [2.24, 2.45) is 11.7 Å². The Morgan fingerprint density at radius 3 is 2.33 bits per heavy atom. The van der Waals surface area contributed by atoms with Gasteiger partial charge in [0.1, 0.15) is 0 Å². The van der Waals surface area contributed by atoms with Gasteiger partial charge in [-0.25, -0.2) is 0 Å². The van der Waals surface area contributed by atoms with E-state index >= 15 is 0 Å². The molecule has 3 N–H and O–H groups in total. The minimum Gasteiger partial charge on any atom is -0.354 e. The molecule has 0 aromatic heterocycles. The van der Waals surface area contributed by atoms with Crippen LogP contribution in [0.25, 0.3) is 0 Å². The maximum Gasteiger partial charge on any atom is 0.237 e. The summed E-state index contributed by atoms with van der Waals surface area (Å²) in [4.78, 5) is 11.7. The molecule has 0 radical (unpaired) electrons. The van der Waals surface area contributed by atoms with Crippen molar-refractivity contribution in [3.8, 4) is 0 Å². The van der Waals surface area contributed by atoms with Gasteiger partial charge < -0.3 is 11.1 Å². The molecule has 1 aromatic rings. The molecular formula is C15H24N2O. The van der Waals surface area contributed by atoms with Crippen LogP contribution in [0, 0.1) is 19.8 Å². The van der Waals surface area contributed by atoms with E-state index in [2.05, 4.69) is 37.4 Å². The van der Waals surface area contributed by atoms with Gasteiger partial charge in [-0.05, 0) is 42.9 Å². The maximum atomic E-state index is 11.7. The number of nitrogens with two attached hydrogens (primary N) is 1. The van der Waals surface area contributed by atoms with Gasteiger partial charge in [0.15, 0.2) is 0 Å². The van der Waals surface area contributed by atoms with Crippen molar-refractivity contribution < 1.29 is 4.79 Å². The molecule has 1 aromatic carbocycles. The number of amides is 1. The van der Waals surface area contributed by atoms with E-state index in [9.17, 15) is 4.79 Å². The highest BCUT2D eigenvalue weighted by atomic mass is 16.2. The van der Waals surface area contributed by atoms with E-state index in [1.807, 2.05) is 13.8 Å². The number of nitrogens with one attached hydrogen (secondary N) is 1. The summed E-state index contributed by atoms with van der Waals surface area (Å²) in [7, 11) is 0. The Hall–Kier alpha value is -1.35. The van der Waals surface area contributed by atoms with Crippen molar-refractivity contribution >= 4 is 5.91 Å². The summed E-state index contributed by atoms with van der Waals surface area (Å²) >= 11 is 0. The van der Waals surface area contributed by atoms with Crippen molar-refractivity contribution in [1.29, 1.82) is 0 Å². The molecule has 0 heterocycles. The first-order valence-electron chi connectivity index (χ1n) is 6.52. The van der Waals surface area contributed by atoms with Crippen LogP contribution < -0.4 is 11.1 Å². The third kappa shape index (κ3) is 3.84. The summed E-state index contributed by atoms with van der Waals surface area (Å²) in [6.45, 7) is 8.75. The van der Waals surface area contributed by atoms with E-state index in [0.717, 1.165) is 6.42 Å². The first kappa shape index (κ1) is 14.7. The summed E-state index contributed by atoms with van der Waals surface area (Å²) in [5.74, 6) is 0.112. The molecule has 1 atom stereocenters. The zero-order valence-corrected chi connectivity index (χ0v) is 11.8. The van der Waals surface area contributed by atoms with Crippen LogP contribution in [-0.2, 0) is 11.2 Å². The normalized spacial score (nSPS) is 12.6. The predicted molar refractivity (Wildman–Crippen MR) is 75.4 cm³/mol. The molecule has 0 fully saturated rings. The monoisotopic (exact) mass is 248 g/mol. The third-order valence-electron chi connectivity index (χ3n) is 3.34. The molecule has 0 aliphatic carbocycles. The van der Waals surface area contributed by atoms with Gasteiger partial charge in [0.25, 0.3) is 0 Å². The molecule has 1 amide bonds. The van der Waals surface area contributed by atoms with E-state index in [4.69, 9.17) is 5.73 Å². The van der Waals surface area contributed by atoms with Crippen molar-refractivity contribution in [3.05, 3.63) is 34.9 Å². The lowest BCUT2D eigenvalue weighted by Gasteiger charge is -2.16. The third-order valence-corrected chi connectivity index (χ3v) is 3.34. The van der Waals surface area contributed by atoms with Gasteiger partial charge in [0.2, 0.25) is 5.91 Å². The summed E-state index contributed by atoms with van der Waals surface area (Å²) in [5.41, 5.74) is 9.65. The topological polar surface area (TPSA) is 55.1 Å². The standard InChI is InChI=1S/C15H24N2O/c1-10(2)14(16)15(18)17-9-8-13-11(3)6-5-7-12(13)4/h5-7,10,14H,8-9,16H2,1-4H3,(H,17,18)/t14-/m0/s1. The summed E-state index contributed by atoms with van der Waals surface area (Å²) in [5, 5.41) is 2.90. The fourth-order valence-corrected chi connectivity index (χ4v) is 1.97. The van der Waals surface area contributed by atoms with E-state index < -0.39 is 6.04 Å². The molecule has 0 aliphatic rings. The lowest BCUT2D eigenvalue weighted by atomic mass is 10.00. The SMILES string of the molecule is Cc1cccc(C)c1CCNC(=O)[C@@H](N)C(C)C. The number of aryl methyl sites for hydroxylation is 2. The first-order valence-corrected chi connectivity index (χ1v) is 6.52. The van der Waals surface area contributed by atoms with Gasteiger partial charge in [-0.3, -0.25) is 4.79 Å². The van der Waals surface area contributed by atoms with Crippen molar-refractivity contribution in [1.82, 2.24) is 5.32 Å². The number of rotatable bonds is 5. The summed E-state index contributed by atoms with van der Waals surface area (Å²) in [6.07, 6.45) is 0.856. The Balaban J connectivity index is 2.50. The molecule has 0 saturated heterocycles. The van der Waals surface area contributed by atoms with Gasteiger partial charge in [-0.1, -0.05) is 32.0 Å². The molecule has 0 saturated carbocycles. The van der Waals surface area contributed by atoms with Gasteiger partial charge in [0, 0.05) is 6.54 Å². The van der Waals surface area contributed by atoms with Gasteiger partial charge in [0.05, 0.1) is 6.04 Å². The predicted octanol–water partition coefficient (Wildman–Crippen LogP) is 1.95. The average Bonchev–Trinajstić information content (AvgIpc) is 2.31. The Labute approximate surface area is 110 Å². The zero-order valence-electron chi connectivity index (χ0n) is 11.8. The molecule has 100 valence electrons. The van der Waals surface area contributed by atoms with Crippen LogP contribution in [0.15, 0.2) is 18.2 Å². The molecule has 3 heteroatoms. The maximum absolute atomic E-state index is 11.7. The van der Waals surface area contributed by atoms with E-state index in [1.165, 1.54) is 16.7 Å². The quantitative estimate of drug-likeness (QED) is 0.836. The first-order chi connectivity index (χ1) is 8.43. The van der Waals surface area contributed by atoms with E-state index in [1.54, 1.807) is 0 Å². The molecule has 0 unspecified atom stereocenters. The van der Waals surface area contributed by atoms with Crippen LogP contribution >= 0.6 is 0 Å². The summed E-state index contributed by atoms with van der Waals surface area (Å²) in [6, 6.07) is 5.85. The molecular weight excluding hydrogens is 224 g/mol. The van der Waals surface area contributed by atoms with Crippen LogP contribution in [-0.4, -0.2) is 18.5 Å². The largest absolute Gasteiger partial charge is 0.354 e. The highest BCUT2D eigenvalue weighted by Crippen LogP contribution is 2.13. The molecule has 0 aliphatic heterocycles. The van der Waals surface area contributed by atoms with E-state index in [-0.39, 0.29) is 11.8 Å². The summed E-state index contributed by atoms with van der Waals surface area (Å²) < 4.78 is 0. The molecule has 18 heavy (non-hydrogen) atoms. The van der Waals surface area contributed by atoms with Crippen molar-refractivity contribution in [3.63, 3.8) is 0 Å². The average molecular weight is 248 g/mol.